The summed E-state index contributed by atoms with van der Waals surface area (Å²) in [6.45, 7) is 6.41. The summed E-state index contributed by atoms with van der Waals surface area (Å²) in [6.07, 6.45) is 0.921. The van der Waals surface area contributed by atoms with Gasteiger partial charge < -0.3 is 5.73 Å². The molecule has 0 saturated heterocycles. The molecule has 0 fully saturated rings. The van der Waals surface area contributed by atoms with Crippen LogP contribution in [0.3, 0.4) is 0 Å². The molecule has 0 aliphatic rings. The Morgan fingerprint density at radius 1 is 1.11 bits per heavy atom. The highest BCUT2D eigenvalue weighted by atomic mass is 14.9. The minimum Gasteiger partial charge on any atom is -0.399 e. The maximum atomic E-state index is 5.70. The number of rotatable bonds is 3. The van der Waals surface area contributed by atoms with Crippen molar-refractivity contribution in [2.24, 2.45) is 0 Å². The first-order valence-electron chi connectivity index (χ1n) is 6.34. The highest BCUT2D eigenvalue weighted by Crippen LogP contribution is 2.21. The van der Waals surface area contributed by atoms with Crippen LogP contribution in [0.2, 0.25) is 0 Å². The molecule has 0 unspecified atom stereocenters. The van der Waals surface area contributed by atoms with Crippen molar-refractivity contribution < 1.29 is 0 Å². The van der Waals surface area contributed by atoms with Gasteiger partial charge in [0.1, 0.15) is 0 Å². The molecule has 1 heterocycles. The maximum Gasteiger partial charge on any atom is 0.159 e. The number of nitrogens with zero attached hydrogens (tertiary/aromatic N) is 2. The van der Waals surface area contributed by atoms with E-state index in [0.29, 0.717) is 5.92 Å². The summed E-state index contributed by atoms with van der Waals surface area (Å²) in [6, 6.07) is 9.78. The largest absolute Gasteiger partial charge is 0.399 e. The number of aryl methyl sites for hydroxylation is 1. The van der Waals surface area contributed by atoms with Crippen molar-refractivity contribution in [1.82, 2.24) is 9.97 Å². The third-order valence-electron chi connectivity index (χ3n) is 2.92. The molecular weight excluding hydrogens is 222 g/mol. The molecule has 0 saturated carbocycles. The Hall–Kier alpha value is -1.90. The van der Waals surface area contributed by atoms with Crippen LogP contribution in [0, 0.1) is 0 Å². The molecular formula is C15H19N3. The number of nitrogen functional groups attached to an aromatic ring is 1. The summed E-state index contributed by atoms with van der Waals surface area (Å²) < 4.78 is 0. The minimum atomic E-state index is 0.408. The lowest BCUT2D eigenvalue weighted by molar-refractivity contribution is 0.806. The van der Waals surface area contributed by atoms with Gasteiger partial charge in [0.15, 0.2) is 5.82 Å². The molecule has 0 atom stereocenters. The molecule has 0 aliphatic carbocycles. The molecule has 0 amide bonds. The van der Waals surface area contributed by atoms with Crippen LogP contribution >= 0.6 is 0 Å². The van der Waals surface area contributed by atoms with Crippen LogP contribution in [0.4, 0.5) is 5.69 Å². The van der Waals surface area contributed by atoms with Gasteiger partial charge in [-0.05, 0) is 42.7 Å². The summed E-state index contributed by atoms with van der Waals surface area (Å²) in [7, 11) is 0. The number of aromatic nitrogens is 2. The van der Waals surface area contributed by atoms with Gasteiger partial charge in [-0.2, -0.15) is 0 Å². The van der Waals surface area contributed by atoms with Gasteiger partial charge in [0.2, 0.25) is 0 Å². The van der Waals surface area contributed by atoms with Crippen molar-refractivity contribution in [2.75, 3.05) is 5.73 Å². The van der Waals surface area contributed by atoms with E-state index < -0.39 is 0 Å². The van der Waals surface area contributed by atoms with Crippen LogP contribution in [0.15, 0.2) is 30.3 Å². The molecule has 3 nitrogen and oxygen atoms in total. The first-order valence-corrected chi connectivity index (χ1v) is 6.34. The van der Waals surface area contributed by atoms with Crippen molar-refractivity contribution >= 4 is 5.69 Å². The third kappa shape index (κ3) is 2.67. The molecule has 2 rings (SSSR count). The van der Waals surface area contributed by atoms with E-state index in [1.165, 1.54) is 0 Å². The minimum absolute atomic E-state index is 0.408. The second-order valence-corrected chi connectivity index (χ2v) is 4.74. The second kappa shape index (κ2) is 5.17. The Balaban J connectivity index is 2.49. The summed E-state index contributed by atoms with van der Waals surface area (Å²) in [5.41, 5.74) is 9.65. The zero-order chi connectivity index (χ0) is 13.1. The predicted octanol–water partition coefficient (Wildman–Crippen LogP) is 3.41. The van der Waals surface area contributed by atoms with Crippen LogP contribution in [-0.2, 0) is 6.42 Å². The third-order valence-corrected chi connectivity index (χ3v) is 2.92. The van der Waals surface area contributed by atoms with Crippen LogP contribution in [-0.4, -0.2) is 9.97 Å². The van der Waals surface area contributed by atoms with Crippen LogP contribution in [0.5, 0.6) is 0 Å². The lowest BCUT2D eigenvalue weighted by atomic mass is 10.1. The lowest BCUT2D eigenvalue weighted by Gasteiger charge is -2.09. The number of hydrogen-bond acceptors (Lipinski definition) is 3. The van der Waals surface area contributed by atoms with Crippen molar-refractivity contribution in [3.8, 4) is 11.4 Å². The van der Waals surface area contributed by atoms with Gasteiger partial charge in [-0.1, -0.05) is 20.8 Å². The summed E-state index contributed by atoms with van der Waals surface area (Å²) in [4.78, 5) is 9.21. The average molecular weight is 241 g/mol. The van der Waals surface area contributed by atoms with Crippen LogP contribution in [0.1, 0.15) is 38.1 Å². The van der Waals surface area contributed by atoms with Gasteiger partial charge in [0, 0.05) is 22.6 Å². The highest BCUT2D eigenvalue weighted by Gasteiger charge is 2.08. The predicted molar refractivity (Wildman–Crippen MR) is 75.3 cm³/mol. The van der Waals surface area contributed by atoms with Crippen LogP contribution in [0.25, 0.3) is 11.4 Å². The second-order valence-electron chi connectivity index (χ2n) is 4.74. The number of nitrogens with two attached hydrogens (primary N) is 1. The highest BCUT2D eigenvalue weighted by molar-refractivity contribution is 5.58. The van der Waals surface area contributed by atoms with Gasteiger partial charge in [-0.15, -0.1) is 0 Å². The van der Waals surface area contributed by atoms with Crippen molar-refractivity contribution in [2.45, 2.75) is 33.1 Å². The Morgan fingerprint density at radius 2 is 1.78 bits per heavy atom. The molecule has 94 valence electrons. The van der Waals surface area contributed by atoms with E-state index in [4.69, 9.17) is 5.73 Å². The van der Waals surface area contributed by atoms with Gasteiger partial charge in [0.25, 0.3) is 0 Å². The van der Waals surface area contributed by atoms with Gasteiger partial charge >= 0.3 is 0 Å². The SMILES string of the molecule is CCc1cc(C(C)C)nc(-c2ccc(N)cc2)n1. The first kappa shape index (κ1) is 12.6. The molecule has 18 heavy (non-hydrogen) atoms. The fourth-order valence-corrected chi connectivity index (χ4v) is 1.76. The molecule has 0 bridgehead atoms. The fourth-order valence-electron chi connectivity index (χ4n) is 1.76. The van der Waals surface area contributed by atoms with Crippen molar-refractivity contribution in [3.63, 3.8) is 0 Å². The van der Waals surface area contributed by atoms with Gasteiger partial charge in [-0.3, -0.25) is 0 Å². The zero-order valence-corrected chi connectivity index (χ0v) is 11.1. The van der Waals surface area contributed by atoms with Crippen molar-refractivity contribution in [1.29, 1.82) is 0 Å². The molecule has 1 aromatic carbocycles. The quantitative estimate of drug-likeness (QED) is 0.838. The number of benzene rings is 1. The normalized spacial score (nSPS) is 10.9. The average Bonchev–Trinajstić information content (AvgIpc) is 2.39. The first-order chi connectivity index (χ1) is 8.60. The number of anilines is 1. The molecule has 0 radical (unpaired) electrons. The molecule has 2 N–H and O–H groups in total. The monoisotopic (exact) mass is 241 g/mol. The molecule has 2 aromatic rings. The Kier molecular flexibility index (Phi) is 3.60. The molecule has 1 aromatic heterocycles. The van der Waals surface area contributed by atoms with Gasteiger partial charge in [0.05, 0.1) is 0 Å². The van der Waals surface area contributed by atoms with E-state index in [9.17, 15) is 0 Å². The lowest BCUT2D eigenvalue weighted by Crippen LogP contribution is -2.01. The zero-order valence-electron chi connectivity index (χ0n) is 11.1. The van der Waals surface area contributed by atoms with E-state index in [1.807, 2.05) is 24.3 Å². The van der Waals surface area contributed by atoms with E-state index in [1.54, 1.807) is 0 Å². The summed E-state index contributed by atoms with van der Waals surface area (Å²) in [5.74, 6) is 1.20. The smallest absolute Gasteiger partial charge is 0.159 e. The standard InChI is InChI=1S/C15H19N3/c1-4-13-9-14(10(2)3)18-15(17-13)11-5-7-12(16)8-6-11/h5-10H,4,16H2,1-3H3. The number of hydrogen-bond donors (Lipinski definition) is 1. The van der Waals surface area contributed by atoms with Gasteiger partial charge in [-0.25, -0.2) is 9.97 Å². The summed E-state index contributed by atoms with van der Waals surface area (Å²) >= 11 is 0. The van der Waals surface area contributed by atoms with Crippen LogP contribution < -0.4 is 5.73 Å². The Labute approximate surface area is 108 Å². The topological polar surface area (TPSA) is 51.8 Å². The van der Waals surface area contributed by atoms with Crippen molar-refractivity contribution in [3.05, 3.63) is 41.7 Å². The molecule has 0 spiro atoms. The Bertz CT molecular complexity index is 530. The molecule has 3 heteroatoms. The fraction of sp³-hybridized carbons (Fsp3) is 0.333. The van der Waals surface area contributed by atoms with E-state index in [0.717, 1.165) is 34.9 Å². The Morgan fingerprint density at radius 3 is 2.33 bits per heavy atom. The summed E-state index contributed by atoms with van der Waals surface area (Å²) in [5, 5.41) is 0. The maximum absolute atomic E-state index is 5.70. The van der Waals surface area contributed by atoms with E-state index >= 15 is 0 Å². The van der Waals surface area contributed by atoms with E-state index in [2.05, 4.69) is 36.8 Å². The molecule has 0 aliphatic heterocycles. The van der Waals surface area contributed by atoms with E-state index in [-0.39, 0.29) is 0 Å².